The second kappa shape index (κ2) is 4.11. The second-order valence-electron chi connectivity index (χ2n) is 2.23. The Labute approximate surface area is 71.1 Å². The predicted molar refractivity (Wildman–Crippen MR) is 41.2 cm³/mol. The third-order valence-electron chi connectivity index (χ3n) is 1.41. The molecule has 0 fully saturated rings. The van der Waals surface area contributed by atoms with Crippen molar-refractivity contribution in [3.05, 3.63) is 12.0 Å². The molecule has 0 saturated heterocycles. The molecule has 4 nitrogen and oxygen atoms in total. The lowest BCUT2D eigenvalue weighted by Crippen LogP contribution is -2.23. The molecule has 0 spiro atoms. The first-order valence-corrected chi connectivity index (χ1v) is 3.94. The van der Waals surface area contributed by atoms with E-state index in [0.717, 1.165) is 0 Å². The van der Waals surface area contributed by atoms with Crippen molar-refractivity contribution in [3.8, 4) is 0 Å². The molecule has 0 aromatic heterocycles. The molecule has 1 heterocycles. The third kappa shape index (κ3) is 1.76. The Kier molecular flexibility index (Phi) is 3.10. The summed E-state index contributed by atoms with van der Waals surface area (Å²) in [6.07, 6.45) is 0.640. The van der Waals surface area contributed by atoms with Crippen LogP contribution in [0.3, 0.4) is 0 Å². The van der Waals surface area contributed by atoms with Crippen LogP contribution in [0.4, 0.5) is 0 Å². The molecule has 4 heteroatoms. The van der Waals surface area contributed by atoms with Crippen LogP contribution in [0.2, 0.25) is 0 Å². The van der Waals surface area contributed by atoms with Crippen LogP contribution in [0.25, 0.3) is 0 Å². The summed E-state index contributed by atoms with van der Waals surface area (Å²) in [7, 11) is 0. The van der Waals surface area contributed by atoms with Crippen molar-refractivity contribution in [1.29, 1.82) is 0 Å². The van der Waals surface area contributed by atoms with Crippen LogP contribution >= 0.6 is 0 Å². The highest BCUT2D eigenvalue weighted by Gasteiger charge is 2.32. The lowest BCUT2D eigenvalue weighted by atomic mass is 10.3. The molecule has 1 rings (SSSR count). The highest BCUT2D eigenvalue weighted by Crippen LogP contribution is 2.17. The molecule has 1 atom stereocenters. The molecule has 0 aromatic carbocycles. The van der Waals surface area contributed by atoms with Crippen LogP contribution in [0.1, 0.15) is 13.8 Å². The maximum absolute atomic E-state index is 11.0. The first-order valence-electron chi connectivity index (χ1n) is 3.94. The number of ether oxygens (including phenoxy) is 3. The lowest BCUT2D eigenvalue weighted by Gasteiger charge is -2.10. The normalized spacial score (nSPS) is 22.0. The fourth-order valence-corrected chi connectivity index (χ4v) is 0.949. The summed E-state index contributed by atoms with van der Waals surface area (Å²) in [6, 6.07) is 0. The van der Waals surface area contributed by atoms with E-state index in [1.807, 2.05) is 13.8 Å². The van der Waals surface area contributed by atoms with Crippen molar-refractivity contribution in [2.45, 2.75) is 20.0 Å². The molecular formula is C8H12O4. The van der Waals surface area contributed by atoms with Gasteiger partial charge in [-0.15, -0.1) is 0 Å². The first-order chi connectivity index (χ1) is 5.79. The van der Waals surface area contributed by atoms with Crippen molar-refractivity contribution < 1.29 is 19.0 Å². The van der Waals surface area contributed by atoms with Crippen molar-refractivity contribution in [1.82, 2.24) is 0 Å². The summed E-state index contributed by atoms with van der Waals surface area (Å²) in [5.74, 6) is 0.0599. The fourth-order valence-electron chi connectivity index (χ4n) is 0.949. The molecule has 0 bridgehead atoms. The Bertz CT molecular complexity index is 197. The van der Waals surface area contributed by atoms with Gasteiger partial charge < -0.3 is 14.2 Å². The smallest absolute Gasteiger partial charge is 0.348 e. The highest BCUT2D eigenvalue weighted by molar-refractivity contribution is 5.80. The van der Waals surface area contributed by atoms with Gasteiger partial charge in [0.15, 0.2) is 5.76 Å². The van der Waals surface area contributed by atoms with E-state index < -0.39 is 12.1 Å². The number of cyclic esters (lactones) is 1. The van der Waals surface area contributed by atoms with Crippen molar-refractivity contribution >= 4 is 5.97 Å². The van der Waals surface area contributed by atoms with Gasteiger partial charge in [-0.1, -0.05) is 0 Å². The SMILES string of the molecule is CCOC1=COC(=O)C1OCC. The summed E-state index contributed by atoms with van der Waals surface area (Å²) < 4.78 is 14.9. The topological polar surface area (TPSA) is 44.8 Å². The van der Waals surface area contributed by atoms with Crippen molar-refractivity contribution in [2.24, 2.45) is 0 Å². The lowest BCUT2D eigenvalue weighted by molar-refractivity contribution is -0.146. The molecule has 12 heavy (non-hydrogen) atoms. The van der Waals surface area contributed by atoms with Gasteiger partial charge in [-0.25, -0.2) is 4.79 Å². The predicted octanol–water partition coefficient (Wildman–Crippen LogP) is 0.826. The summed E-state index contributed by atoms with van der Waals surface area (Å²) >= 11 is 0. The van der Waals surface area contributed by atoms with Crippen molar-refractivity contribution in [3.63, 3.8) is 0 Å². The monoisotopic (exact) mass is 172 g/mol. The summed E-state index contributed by atoms with van der Waals surface area (Å²) in [6.45, 7) is 4.62. The zero-order valence-electron chi connectivity index (χ0n) is 7.20. The van der Waals surface area contributed by atoms with E-state index in [1.54, 1.807) is 0 Å². The minimum atomic E-state index is -0.657. The molecule has 1 aliphatic heterocycles. The van der Waals surface area contributed by atoms with E-state index in [0.29, 0.717) is 19.0 Å². The molecule has 68 valence electrons. The molecule has 0 amide bonds. The van der Waals surface area contributed by atoms with Gasteiger partial charge in [-0.05, 0) is 13.8 Å². The summed E-state index contributed by atoms with van der Waals surface area (Å²) in [4.78, 5) is 11.0. The van der Waals surface area contributed by atoms with Gasteiger partial charge in [0, 0.05) is 6.61 Å². The van der Waals surface area contributed by atoms with Crippen LogP contribution in [-0.2, 0) is 19.0 Å². The number of hydrogen-bond acceptors (Lipinski definition) is 4. The fraction of sp³-hybridized carbons (Fsp3) is 0.625. The number of carbonyl (C=O) groups excluding carboxylic acids is 1. The van der Waals surface area contributed by atoms with E-state index in [1.165, 1.54) is 6.26 Å². The highest BCUT2D eigenvalue weighted by atomic mass is 16.6. The van der Waals surface area contributed by atoms with E-state index >= 15 is 0 Å². The second-order valence-corrected chi connectivity index (χ2v) is 2.23. The maximum atomic E-state index is 11.0. The average molecular weight is 172 g/mol. The zero-order valence-corrected chi connectivity index (χ0v) is 7.20. The van der Waals surface area contributed by atoms with Crippen LogP contribution in [0, 0.1) is 0 Å². The molecule has 1 unspecified atom stereocenters. The quantitative estimate of drug-likeness (QED) is 0.589. The Morgan fingerprint density at radius 1 is 1.50 bits per heavy atom. The van der Waals surface area contributed by atoms with Gasteiger partial charge >= 0.3 is 5.97 Å². The Morgan fingerprint density at radius 3 is 2.83 bits per heavy atom. The summed E-state index contributed by atoms with van der Waals surface area (Å²) in [5.41, 5.74) is 0. The summed E-state index contributed by atoms with van der Waals surface area (Å²) in [5, 5.41) is 0. The largest absolute Gasteiger partial charge is 0.492 e. The van der Waals surface area contributed by atoms with Crippen LogP contribution in [-0.4, -0.2) is 25.3 Å². The van der Waals surface area contributed by atoms with E-state index in [-0.39, 0.29) is 0 Å². The standard InChI is InChI=1S/C8H12O4/c1-3-10-6-5-12-8(9)7(6)11-4-2/h5,7H,3-4H2,1-2H3. The Balaban J connectivity index is 2.54. The van der Waals surface area contributed by atoms with Gasteiger partial charge in [0.25, 0.3) is 0 Å². The molecule has 0 aliphatic carbocycles. The van der Waals surface area contributed by atoms with Gasteiger partial charge in [0.05, 0.1) is 6.61 Å². The van der Waals surface area contributed by atoms with Gasteiger partial charge in [0.1, 0.15) is 6.26 Å². The van der Waals surface area contributed by atoms with Gasteiger partial charge in [-0.3, -0.25) is 0 Å². The minimum Gasteiger partial charge on any atom is -0.492 e. The maximum Gasteiger partial charge on any atom is 0.348 e. The first kappa shape index (κ1) is 9.06. The van der Waals surface area contributed by atoms with Crippen LogP contribution in [0.15, 0.2) is 12.0 Å². The minimum absolute atomic E-state index is 0.402. The van der Waals surface area contributed by atoms with Crippen molar-refractivity contribution in [2.75, 3.05) is 13.2 Å². The molecule has 1 aliphatic rings. The molecular weight excluding hydrogens is 160 g/mol. The number of rotatable bonds is 4. The third-order valence-corrected chi connectivity index (χ3v) is 1.41. The average Bonchev–Trinajstić information content (AvgIpc) is 2.37. The van der Waals surface area contributed by atoms with Crippen LogP contribution in [0.5, 0.6) is 0 Å². The van der Waals surface area contributed by atoms with Crippen LogP contribution < -0.4 is 0 Å². The zero-order chi connectivity index (χ0) is 8.97. The Hall–Kier alpha value is -1.03. The van der Waals surface area contributed by atoms with Gasteiger partial charge in [-0.2, -0.15) is 0 Å². The van der Waals surface area contributed by atoms with E-state index in [9.17, 15) is 4.79 Å². The molecule has 0 saturated carbocycles. The molecule has 0 radical (unpaired) electrons. The molecule has 0 N–H and O–H groups in total. The number of carbonyl (C=O) groups is 1. The van der Waals surface area contributed by atoms with E-state index in [4.69, 9.17) is 9.47 Å². The van der Waals surface area contributed by atoms with Gasteiger partial charge in [0.2, 0.25) is 6.10 Å². The number of esters is 1. The van der Waals surface area contributed by atoms with E-state index in [2.05, 4.69) is 4.74 Å². The molecule has 0 aromatic rings. The Morgan fingerprint density at radius 2 is 2.25 bits per heavy atom. The number of hydrogen-bond donors (Lipinski definition) is 0.